The number of hydrogen-bond acceptors (Lipinski definition) is 5. The van der Waals surface area contributed by atoms with Crippen molar-refractivity contribution in [1.82, 2.24) is 9.97 Å². The Morgan fingerprint density at radius 2 is 0.814 bits per heavy atom. The lowest BCUT2D eigenvalue weighted by Gasteiger charge is -2.12. The Morgan fingerprint density at radius 1 is 0.419 bits per heavy atom. The first-order chi connectivity index (χ1) is 21.2. The molecule has 2 heterocycles. The van der Waals surface area contributed by atoms with E-state index < -0.39 is 0 Å². The van der Waals surface area contributed by atoms with Gasteiger partial charge in [0.05, 0.1) is 11.0 Å². The quantitative estimate of drug-likeness (QED) is 0.195. The highest BCUT2D eigenvalue weighted by Gasteiger charge is 2.07. The number of benzene rings is 6. The van der Waals surface area contributed by atoms with Gasteiger partial charge in [-0.2, -0.15) is 0 Å². The molecule has 0 saturated carbocycles. The SMILES string of the molecule is c1ccc2cc3c(Nc4ccc(Sc5ccc(Nc6ccnc7cc8ccccc8cc67)cc5)cc4)ccnc3cc2c1. The second-order valence-electron chi connectivity index (χ2n) is 10.6. The van der Waals surface area contributed by atoms with Crippen molar-refractivity contribution in [3.05, 3.63) is 146 Å². The van der Waals surface area contributed by atoms with E-state index in [0.29, 0.717) is 0 Å². The van der Waals surface area contributed by atoms with E-state index in [1.165, 1.54) is 31.3 Å². The van der Waals surface area contributed by atoms with Crippen LogP contribution in [-0.4, -0.2) is 9.97 Å². The van der Waals surface area contributed by atoms with E-state index in [-0.39, 0.29) is 0 Å². The van der Waals surface area contributed by atoms with Crippen LogP contribution in [0.3, 0.4) is 0 Å². The topological polar surface area (TPSA) is 49.8 Å². The molecule has 0 atom stereocenters. The summed E-state index contributed by atoms with van der Waals surface area (Å²) in [5, 5.41) is 14.2. The first-order valence-electron chi connectivity index (χ1n) is 14.2. The molecule has 0 aliphatic rings. The Morgan fingerprint density at radius 3 is 1.23 bits per heavy atom. The van der Waals surface area contributed by atoms with Gasteiger partial charge in [0.1, 0.15) is 0 Å². The molecule has 8 aromatic rings. The van der Waals surface area contributed by atoms with Crippen LogP contribution in [0.25, 0.3) is 43.4 Å². The zero-order valence-corrected chi connectivity index (χ0v) is 24.0. The predicted molar refractivity (Wildman–Crippen MR) is 182 cm³/mol. The normalized spacial score (nSPS) is 11.3. The number of nitrogens with zero attached hydrogens (tertiary/aromatic N) is 2. The van der Waals surface area contributed by atoms with E-state index in [4.69, 9.17) is 0 Å². The molecule has 204 valence electrons. The molecule has 0 spiro atoms. The van der Waals surface area contributed by atoms with Crippen LogP contribution in [0.5, 0.6) is 0 Å². The lowest BCUT2D eigenvalue weighted by atomic mass is 10.1. The van der Waals surface area contributed by atoms with Gasteiger partial charge in [-0.3, -0.25) is 9.97 Å². The Balaban J connectivity index is 0.974. The zero-order chi connectivity index (χ0) is 28.6. The van der Waals surface area contributed by atoms with E-state index in [0.717, 1.165) is 44.6 Å². The van der Waals surface area contributed by atoms with Crippen molar-refractivity contribution in [2.75, 3.05) is 10.6 Å². The van der Waals surface area contributed by atoms with Crippen LogP contribution in [-0.2, 0) is 0 Å². The van der Waals surface area contributed by atoms with E-state index in [2.05, 4.69) is 142 Å². The zero-order valence-electron chi connectivity index (χ0n) is 23.2. The average Bonchev–Trinajstić information content (AvgIpc) is 3.05. The molecule has 2 aromatic heterocycles. The maximum absolute atomic E-state index is 4.60. The first-order valence-corrected chi connectivity index (χ1v) is 15.0. The standard InChI is InChI=1S/C38H26N4S/c1-3-7-27-23-37-33(21-25(27)5-1)35(17-19-39-37)41-29-9-13-31(14-10-29)43-32-15-11-30(12-16-32)42-36-18-20-40-38-24-28-8-4-2-6-26(28)22-34(36)38/h1-24H,(H,39,41)(H,40,42). The molecule has 0 aliphatic heterocycles. The predicted octanol–water partition coefficient (Wildman–Crippen LogP) is 10.7. The van der Waals surface area contributed by atoms with E-state index in [1.54, 1.807) is 11.8 Å². The number of hydrogen-bond donors (Lipinski definition) is 2. The monoisotopic (exact) mass is 570 g/mol. The van der Waals surface area contributed by atoms with E-state index >= 15 is 0 Å². The fourth-order valence-corrected chi connectivity index (χ4v) is 6.36. The fraction of sp³-hybridized carbons (Fsp3) is 0. The molecule has 0 amide bonds. The number of pyridine rings is 2. The molecule has 43 heavy (non-hydrogen) atoms. The van der Waals surface area contributed by atoms with Gasteiger partial charge in [0.15, 0.2) is 0 Å². The maximum Gasteiger partial charge on any atom is 0.0729 e. The van der Waals surface area contributed by atoms with Gasteiger partial charge in [-0.1, -0.05) is 60.3 Å². The second-order valence-corrected chi connectivity index (χ2v) is 11.7. The van der Waals surface area contributed by atoms with Crippen LogP contribution in [0, 0.1) is 0 Å². The number of anilines is 4. The summed E-state index contributed by atoms with van der Waals surface area (Å²) in [5.74, 6) is 0. The summed E-state index contributed by atoms with van der Waals surface area (Å²) >= 11 is 1.75. The van der Waals surface area contributed by atoms with Crippen LogP contribution in [0.4, 0.5) is 22.7 Å². The first kappa shape index (κ1) is 25.3. The molecule has 0 bridgehead atoms. The van der Waals surface area contributed by atoms with Gasteiger partial charge in [0.2, 0.25) is 0 Å². The molecular weight excluding hydrogens is 545 g/mol. The van der Waals surface area contributed by atoms with Crippen molar-refractivity contribution in [2.45, 2.75) is 9.79 Å². The van der Waals surface area contributed by atoms with Crippen LogP contribution < -0.4 is 10.6 Å². The molecule has 0 fully saturated rings. The molecule has 6 aromatic carbocycles. The highest BCUT2D eigenvalue weighted by atomic mass is 32.2. The van der Waals surface area contributed by atoms with Gasteiger partial charge >= 0.3 is 0 Å². The Bertz CT molecular complexity index is 2100. The van der Waals surface area contributed by atoms with Gasteiger partial charge in [-0.15, -0.1) is 0 Å². The third-order valence-corrected chi connectivity index (χ3v) is 8.74. The lowest BCUT2D eigenvalue weighted by Crippen LogP contribution is -1.93. The van der Waals surface area contributed by atoms with Gasteiger partial charge in [0.25, 0.3) is 0 Å². The minimum atomic E-state index is 0.986. The highest BCUT2D eigenvalue weighted by molar-refractivity contribution is 7.99. The summed E-state index contributed by atoms with van der Waals surface area (Å²) in [6, 6.07) is 46.7. The number of rotatable bonds is 6. The Hall–Kier alpha value is -5.39. The Labute approximate surface area is 253 Å². The van der Waals surface area contributed by atoms with Gasteiger partial charge in [-0.05, 0) is 106 Å². The van der Waals surface area contributed by atoms with Crippen LogP contribution in [0.1, 0.15) is 0 Å². The lowest BCUT2D eigenvalue weighted by molar-refractivity contribution is 1.38. The summed E-state index contributed by atoms with van der Waals surface area (Å²) in [6.07, 6.45) is 3.72. The minimum absolute atomic E-state index is 0.986. The molecule has 0 radical (unpaired) electrons. The summed E-state index contributed by atoms with van der Waals surface area (Å²) in [6.45, 7) is 0. The summed E-state index contributed by atoms with van der Waals surface area (Å²) in [7, 11) is 0. The van der Waals surface area contributed by atoms with E-state index in [9.17, 15) is 0 Å². The van der Waals surface area contributed by atoms with Crippen molar-refractivity contribution in [2.24, 2.45) is 0 Å². The number of nitrogens with one attached hydrogen (secondary N) is 2. The molecule has 0 saturated heterocycles. The molecule has 5 heteroatoms. The molecule has 8 rings (SSSR count). The van der Waals surface area contributed by atoms with Gasteiger partial charge in [0, 0.05) is 55.7 Å². The summed E-state index contributed by atoms with van der Waals surface area (Å²) in [4.78, 5) is 11.6. The maximum atomic E-state index is 4.60. The average molecular weight is 571 g/mol. The van der Waals surface area contributed by atoms with Crippen molar-refractivity contribution < 1.29 is 0 Å². The van der Waals surface area contributed by atoms with Crippen LogP contribution in [0.15, 0.2) is 156 Å². The van der Waals surface area contributed by atoms with Crippen molar-refractivity contribution in [3.63, 3.8) is 0 Å². The fourth-order valence-electron chi connectivity index (χ4n) is 5.54. The largest absolute Gasteiger partial charge is 0.355 e. The van der Waals surface area contributed by atoms with Gasteiger partial charge in [-0.25, -0.2) is 0 Å². The van der Waals surface area contributed by atoms with Crippen molar-refractivity contribution in [3.8, 4) is 0 Å². The molecule has 2 N–H and O–H groups in total. The summed E-state index contributed by atoms with van der Waals surface area (Å²) < 4.78 is 0. The third kappa shape index (κ3) is 5.11. The second kappa shape index (κ2) is 10.8. The number of fused-ring (bicyclic) bond motifs is 4. The van der Waals surface area contributed by atoms with Crippen molar-refractivity contribution in [1.29, 1.82) is 0 Å². The minimum Gasteiger partial charge on any atom is -0.355 e. The third-order valence-electron chi connectivity index (χ3n) is 7.72. The van der Waals surface area contributed by atoms with Crippen LogP contribution >= 0.6 is 11.8 Å². The van der Waals surface area contributed by atoms with Gasteiger partial charge < -0.3 is 10.6 Å². The molecule has 0 unspecified atom stereocenters. The highest BCUT2D eigenvalue weighted by Crippen LogP contribution is 2.34. The smallest absolute Gasteiger partial charge is 0.0729 e. The Kier molecular flexibility index (Phi) is 6.35. The number of aromatic nitrogens is 2. The van der Waals surface area contributed by atoms with Crippen molar-refractivity contribution >= 4 is 77.9 Å². The van der Waals surface area contributed by atoms with E-state index in [1.807, 2.05) is 24.5 Å². The molecule has 0 aliphatic carbocycles. The molecular formula is C38H26N4S. The van der Waals surface area contributed by atoms with Crippen LogP contribution in [0.2, 0.25) is 0 Å². The summed E-state index contributed by atoms with van der Waals surface area (Å²) in [5.41, 5.74) is 6.16. The molecule has 4 nitrogen and oxygen atoms in total.